The van der Waals surface area contributed by atoms with E-state index in [9.17, 15) is 0 Å². The van der Waals surface area contributed by atoms with Crippen molar-refractivity contribution in [2.24, 2.45) is 58.7 Å². The van der Waals surface area contributed by atoms with Gasteiger partial charge in [-0.3, -0.25) is 4.90 Å². The van der Waals surface area contributed by atoms with Gasteiger partial charge in [0.05, 0.1) is 0 Å². The fourth-order valence-corrected chi connectivity index (χ4v) is 10.6. The minimum atomic E-state index is 0.719. The van der Waals surface area contributed by atoms with Gasteiger partial charge in [-0.25, -0.2) is 0 Å². The van der Waals surface area contributed by atoms with Crippen molar-refractivity contribution in [3.05, 3.63) is 0 Å². The Bertz CT molecular complexity index is 597. The molecule has 0 amide bonds. The van der Waals surface area contributed by atoms with Crippen molar-refractivity contribution in [1.29, 1.82) is 0 Å². The number of hydrogen-bond acceptors (Lipinski definition) is 1. The standard InChI is InChI=1S/C27H45N/c1-17-7-12-26-18(2)20-10-11-21-22-9-8-19-6-4-5-13-27(19,3)25(22)14-23(21)24(20)16-28(26)15-17/h17-26H,4-16H2,1-3H3/t17-,18+,19?,20+,21-,22-,23+,24+,25-,26-,27-/m0/s1. The molecular weight excluding hydrogens is 338 g/mol. The van der Waals surface area contributed by atoms with Crippen LogP contribution in [0, 0.1) is 58.7 Å². The summed E-state index contributed by atoms with van der Waals surface area (Å²) in [7, 11) is 0. The number of hydrogen-bond donors (Lipinski definition) is 0. The molecule has 0 bridgehead atoms. The van der Waals surface area contributed by atoms with E-state index >= 15 is 0 Å². The molecule has 11 atom stereocenters. The van der Waals surface area contributed by atoms with Gasteiger partial charge in [0.25, 0.3) is 0 Å². The highest BCUT2D eigenvalue weighted by molar-refractivity contribution is 5.09. The van der Waals surface area contributed by atoms with Crippen LogP contribution in [-0.4, -0.2) is 24.0 Å². The van der Waals surface area contributed by atoms with Crippen LogP contribution in [0.1, 0.15) is 91.4 Å². The molecule has 2 saturated heterocycles. The van der Waals surface area contributed by atoms with Crippen molar-refractivity contribution in [2.45, 2.75) is 97.4 Å². The zero-order valence-electron chi connectivity index (χ0n) is 18.9. The predicted molar refractivity (Wildman–Crippen MR) is 117 cm³/mol. The van der Waals surface area contributed by atoms with Crippen molar-refractivity contribution in [3.8, 4) is 0 Å². The van der Waals surface area contributed by atoms with Crippen molar-refractivity contribution in [3.63, 3.8) is 0 Å². The van der Waals surface area contributed by atoms with E-state index in [-0.39, 0.29) is 0 Å². The van der Waals surface area contributed by atoms with Crippen LogP contribution in [0.5, 0.6) is 0 Å². The average Bonchev–Trinajstić information content (AvgIpc) is 3.08. The Morgan fingerprint density at radius 1 is 0.714 bits per heavy atom. The smallest absolute Gasteiger partial charge is 0.0124 e. The molecule has 6 rings (SSSR count). The number of rotatable bonds is 0. The third-order valence-corrected chi connectivity index (χ3v) is 11.9. The Balaban J connectivity index is 1.27. The summed E-state index contributed by atoms with van der Waals surface area (Å²) in [5.74, 6) is 9.49. The van der Waals surface area contributed by atoms with Crippen LogP contribution in [0.4, 0.5) is 0 Å². The van der Waals surface area contributed by atoms with E-state index < -0.39 is 0 Å². The fraction of sp³-hybridized carbons (Fsp3) is 1.00. The second kappa shape index (κ2) is 6.73. The molecule has 28 heavy (non-hydrogen) atoms. The molecule has 1 heteroatoms. The van der Waals surface area contributed by atoms with Crippen LogP contribution in [0.15, 0.2) is 0 Å². The van der Waals surface area contributed by atoms with Crippen molar-refractivity contribution in [2.75, 3.05) is 13.1 Å². The molecular formula is C27H45N. The Morgan fingerprint density at radius 2 is 1.54 bits per heavy atom. The quantitative estimate of drug-likeness (QED) is 0.454. The van der Waals surface area contributed by atoms with Gasteiger partial charge in [-0.05, 0) is 116 Å². The van der Waals surface area contributed by atoms with Gasteiger partial charge in [-0.1, -0.05) is 33.6 Å². The molecule has 2 aliphatic heterocycles. The normalized spacial score (nSPS) is 58.8. The lowest BCUT2D eigenvalue weighted by Crippen LogP contribution is -2.58. The van der Waals surface area contributed by atoms with E-state index in [1.165, 1.54) is 38.8 Å². The van der Waals surface area contributed by atoms with Crippen LogP contribution in [0.3, 0.4) is 0 Å². The third-order valence-electron chi connectivity index (χ3n) is 11.9. The van der Waals surface area contributed by atoms with E-state index in [0.717, 1.165) is 64.7 Å². The minimum Gasteiger partial charge on any atom is -0.300 e. The summed E-state index contributed by atoms with van der Waals surface area (Å²) in [5.41, 5.74) is 0.719. The lowest BCUT2D eigenvalue weighted by atomic mass is 9.52. The van der Waals surface area contributed by atoms with Gasteiger partial charge < -0.3 is 0 Å². The first-order chi connectivity index (χ1) is 13.6. The van der Waals surface area contributed by atoms with Gasteiger partial charge in [0.1, 0.15) is 0 Å². The highest BCUT2D eigenvalue weighted by Crippen LogP contribution is 2.67. The zero-order valence-corrected chi connectivity index (χ0v) is 18.9. The maximum absolute atomic E-state index is 3.00. The topological polar surface area (TPSA) is 3.24 Å². The van der Waals surface area contributed by atoms with Crippen molar-refractivity contribution < 1.29 is 0 Å². The molecule has 158 valence electrons. The molecule has 4 aliphatic carbocycles. The van der Waals surface area contributed by atoms with Gasteiger partial charge in [0.15, 0.2) is 0 Å². The highest BCUT2D eigenvalue weighted by atomic mass is 15.2. The van der Waals surface area contributed by atoms with Crippen LogP contribution in [0.2, 0.25) is 0 Å². The van der Waals surface area contributed by atoms with Gasteiger partial charge in [-0.15, -0.1) is 0 Å². The molecule has 2 heterocycles. The first-order valence-corrected chi connectivity index (χ1v) is 13.3. The SMILES string of the molecule is C[C@H]1CC[C@H]2[C@H](C)[C@H]3CC[C@@H]4[C@@H](C[C@H]5[C@H]4CCC4CCCC[C@@]45C)[C@@H]3CN2C1. The molecule has 0 aromatic rings. The highest BCUT2D eigenvalue weighted by Gasteiger charge is 2.60. The first kappa shape index (κ1) is 18.7. The van der Waals surface area contributed by atoms with Crippen LogP contribution in [0.25, 0.3) is 0 Å². The molecule has 0 N–H and O–H groups in total. The first-order valence-electron chi connectivity index (χ1n) is 13.3. The Labute approximate surface area is 174 Å². The van der Waals surface area contributed by atoms with Crippen LogP contribution in [-0.2, 0) is 0 Å². The number of nitrogens with zero attached hydrogens (tertiary/aromatic N) is 1. The molecule has 0 spiro atoms. The fourth-order valence-electron chi connectivity index (χ4n) is 10.6. The summed E-state index contributed by atoms with van der Waals surface area (Å²) in [6.07, 6.45) is 17.1. The molecule has 6 aliphatic rings. The van der Waals surface area contributed by atoms with Gasteiger partial charge >= 0.3 is 0 Å². The average molecular weight is 384 g/mol. The van der Waals surface area contributed by atoms with Crippen molar-refractivity contribution >= 4 is 0 Å². The summed E-state index contributed by atoms with van der Waals surface area (Å²) < 4.78 is 0. The van der Waals surface area contributed by atoms with Crippen LogP contribution < -0.4 is 0 Å². The van der Waals surface area contributed by atoms with E-state index in [2.05, 4.69) is 25.7 Å². The zero-order chi connectivity index (χ0) is 19.0. The Hall–Kier alpha value is -0.0400. The molecule has 1 unspecified atom stereocenters. The van der Waals surface area contributed by atoms with Gasteiger partial charge in [0, 0.05) is 19.1 Å². The molecule has 6 fully saturated rings. The maximum atomic E-state index is 3.00. The molecule has 1 nitrogen and oxygen atoms in total. The lowest BCUT2D eigenvalue weighted by molar-refractivity contribution is -0.0728. The summed E-state index contributed by atoms with van der Waals surface area (Å²) in [4.78, 5) is 3.00. The predicted octanol–water partition coefficient (Wildman–Crippen LogP) is 6.62. The van der Waals surface area contributed by atoms with Crippen molar-refractivity contribution in [1.82, 2.24) is 4.90 Å². The Kier molecular flexibility index (Phi) is 4.50. The maximum Gasteiger partial charge on any atom is 0.0124 e. The molecule has 0 radical (unpaired) electrons. The van der Waals surface area contributed by atoms with E-state index in [0.29, 0.717) is 0 Å². The van der Waals surface area contributed by atoms with E-state index in [1.807, 2.05) is 0 Å². The Morgan fingerprint density at radius 3 is 2.43 bits per heavy atom. The lowest BCUT2D eigenvalue weighted by Gasteiger charge is -2.56. The minimum absolute atomic E-state index is 0.719. The van der Waals surface area contributed by atoms with E-state index in [4.69, 9.17) is 0 Å². The monoisotopic (exact) mass is 383 g/mol. The summed E-state index contributed by atoms with van der Waals surface area (Å²) in [6.45, 7) is 10.8. The molecule has 0 aromatic carbocycles. The summed E-state index contributed by atoms with van der Waals surface area (Å²) in [6, 6.07) is 0.929. The molecule has 0 aromatic heterocycles. The van der Waals surface area contributed by atoms with Gasteiger partial charge in [0.2, 0.25) is 0 Å². The third kappa shape index (κ3) is 2.59. The van der Waals surface area contributed by atoms with Crippen LogP contribution >= 0.6 is 0 Å². The summed E-state index contributed by atoms with van der Waals surface area (Å²) in [5, 5.41) is 0. The largest absolute Gasteiger partial charge is 0.300 e. The second-order valence-electron chi connectivity index (χ2n) is 12.8. The number of piperidine rings is 2. The summed E-state index contributed by atoms with van der Waals surface area (Å²) >= 11 is 0. The van der Waals surface area contributed by atoms with Gasteiger partial charge in [-0.2, -0.15) is 0 Å². The second-order valence-corrected chi connectivity index (χ2v) is 12.8. The van der Waals surface area contributed by atoms with E-state index in [1.54, 1.807) is 44.9 Å². The number of fused-ring (bicyclic) bond motifs is 8. The molecule has 4 saturated carbocycles.